The van der Waals surface area contributed by atoms with Crippen molar-refractivity contribution in [3.63, 3.8) is 0 Å². The molecule has 4 nitrogen and oxygen atoms in total. The summed E-state index contributed by atoms with van der Waals surface area (Å²) < 4.78 is 5.49. The lowest BCUT2D eigenvalue weighted by Crippen LogP contribution is -2.24. The Bertz CT molecular complexity index is 318. The van der Waals surface area contributed by atoms with Crippen LogP contribution in [0, 0.1) is 0 Å². The van der Waals surface area contributed by atoms with Gasteiger partial charge in [0.2, 0.25) is 0 Å². The van der Waals surface area contributed by atoms with Crippen LogP contribution in [-0.2, 0) is 12.8 Å². The van der Waals surface area contributed by atoms with Crippen LogP contribution < -0.4 is 10.6 Å². The van der Waals surface area contributed by atoms with Crippen molar-refractivity contribution in [3.8, 4) is 0 Å². The summed E-state index contributed by atoms with van der Waals surface area (Å²) in [5.74, 6) is 0.873. The molecule has 1 fully saturated rings. The highest BCUT2D eigenvalue weighted by Crippen LogP contribution is 2.12. The molecule has 2 N–H and O–H groups in total. The second-order valence-electron chi connectivity index (χ2n) is 4.62. The van der Waals surface area contributed by atoms with Crippen molar-refractivity contribution in [1.82, 2.24) is 15.6 Å². The molecule has 0 amide bonds. The summed E-state index contributed by atoms with van der Waals surface area (Å²) in [6.07, 6.45) is 6.16. The molecule has 16 heavy (non-hydrogen) atoms. The second kappa shape index (κ2) is 5.46. The fraction of sp³-hybridized carbons (Fsp3) is 0.750. The highest BCUT2D eigenvalue weighted by atomic mass is 16.3. The number of oxazole rings is 1. The zero-order valence-corrected chi connectivity index (χ0v) is 10.1. The van der Waals surface area contributed by atoms with E-state index in [2.05, 4.69) is 22.5 Å². The first-order chi connectivity index (χ1) is 7.78. The Hall–Kier alpha value is -0.870. The molecule has 2 atom stereocenters. The van der Waals surface area contributed by atoms with E-state index in [-0.39, 0.29) is 0 Å². The van der Waals surface area contributed by atoms with Gasteiger partial charge in [0.05, 0.1) is 5.69 Å². The quantitative estimate of drug-likeness (QED) is 0.785. The Balaban J connectivity index is 1.86. The predicted octanol–water partition coefficient (Wildman–Crippen LogP) is 1.12. The first kappa shape index (κ1) is 11.6. The smallest absolute Gasteiger partial charge is 0.195 e. The van der Waals surface area contributed by atoms with Crippen LogP contribution in [-0.4, -0.2) is 30.7 Å². The van der Waals surface area contributed by atoms with Crippen molar-refractivity contribution in [2.75, 3.05) is 13.6 Å². The molecule has 1 aromatic heterocycles. The highest BCUT2D eigenvalue weighted by Gasteiger charge is 2.17. The van der Waals surface area contributed by atoms with Crippen molar-refractivity contribution in [3.05, 3.63) is 17.8 Å². The first-order valence-electron chi connectivity index (χ1n) is 6.12. The van der Waals surface area contributed by atoms with Crippen molar-refractivity contribution >= 4 is 0 Å². The average Bonchev–Trinajstić information content (AvgIpc) is 2.91. The molecule has 1 saturated heterocycles. The molecule has 0 radical (unpaired) electrons. The molecular weight excluding hydrogens is 202 g/mol. The number of hydrogen-bond acceptors (Lipinski definition) is 4. The maximum absolute atomic E-state index is 5.49. The minimum absolute atomic E-state index is 0.447. The number of likely N-dealkylation sites (N-methyl/N-ethyl adjacent to an activating group) is 1. The molecule has 1 aliphatic rings. The SMILES string of the molecule is CNC(C)Cc1coc(CC2CCCN2)n1. The van der Waals surface area contributed by atoms with Crippen LogP contribution in [0.2, 0.25) is 0 Å². The normalized spacial score (nSPS) is 22.5. The molecule has 0 saturated carbocycles. The van der Waals surface area contributed by atoms with Crippen molar-refractivity contribution in [1.29, 1.82) is 0 Å². The fourth-order valence-electron chi connectivity index (χ4n) is 2.09. The van der Waals surface area contributed by atoms with E-state index in [9.17, 15) is 0 Å². The Morgan fingerprint density at radius 3 is 3.25 bits per heavy atom. The molecule has 1 aliphatic heterocycles. The lowest BCUT2D eigenvalue weighted by Gasteiger charge is -2.06. The van der Waals surface area contributed by atoms with Crippen molar-refractivity contribution in [2.24, 2.45) is 0 Å². The zero-order chi connectivity index (χ0) is 11.4. The minimum atomic E-state index is 0.447. The van der Waals surface area contributed by atoms with Crippen LogP contribution in [0.3, 0.4) is 0 Å². The van der Waals surface area contributed by atoms with E-state index in [1.165, 1.54) is 12.8 Å². The van der Waals surface area contributed by atoms with Crippen LogP contribution in [0.25, 0.3) is 0 Å². The summed E-state index contributed by atoms with van der Waals surface area (Å²) >= 11 is 0. The highest BCUT2D eigenvalue weighted by molar-refractivity contribution is 5.00. The van der Waals surface area contributed by atoms with Gasteiger partial charge in [0.1, 0.15) is 6.26 Å². The van der Waals surface area contributed by atoms with Gasteiger partial charge in [-0.3, -0.25) is 0 Å². The molecule has 4 heteroatoms. The third kappa shape index (κ3) is 3.06. The summed E-state index contributed by atoms with van der Waals surface area (Å²) in [7, 11) is 1.97. The van der Waals surface area contributed by atoms with E-state index >= 15 is 0 Å². The number of hydrogen-bond donors (Lipinski definition) is 2. The van der Waals surface area contributed by atoms with Gasteiger partial charge in [0.15, 0.2) is 5.89 Å². The molecule has 2 unspecified atom stereocenters. The summed E-state index contributed by atoms with van der Waals surface area (Å²) in [6.45, 7) is 3.28. The Kier molecular flexibility index (Phi) is 3.96. The van der Waals surface area contributed by atoms with E-state index in [0.29, 0.717) is 12.1 Å². The van der Waals surface area contributed by atoms with Crippen LogP contribution in [0.5, 0.6) is 0 Å². The molecule has 0 aliphatic carbocycles. The van der Waals surface area contributed by atoms with E-state index in [1.807, 2.05) is 7.05 Å². The van der Waals surface area contributed by atoms with Gasteiger partial charge in [-0.1, -0.05) is 0 Å². The zero-order valence-electron chi connectivity index (χ0n) is 10.1. The maximum atomic E-state index is 5.49. The minimum Gasteiger partial charge on any atom is -0.449 e. The van der Waals surface area contributed by atoms with Gasteiger partial charge in [0, 0.05) is 24.9 Å². The Labute approximate surface area is 96.8 Å². The van der Waals surface area contributed by atoms with E-state index in [4.69, 9.17) is 4.42 Å². The lowest BCUT2D eigenvalue weighted by atomic mass is 10.1. The number of rotatable bonds is 5. The van der Waals surface area contributed by atoms with Crippen LogP contribution in [0.4, 0.5) is 0 Å². The summed E-state index contributed by atoms with van der Waals surface area (Å²) in [5.41, 5.74) is 1.05. The molecule has 2 rings (SSSR count). The largest absolute Gasteiger partial charge is 0.449 e. The predicted molar refractivity (Wildman–Crippen MR) is 63.5 cm³/mol. The number of aromatic nitrogens is 1. The second-order valence-corrected chi connectivity index (χ2v) is 4.62. The van der Waals surface area contributed by atoms with E-state index in [1.54, 1.807) is 6.26 Å². The Morgan fingerprint density at radius 2 is 2.56 bits per heavy atom. The summed E-state index contributed by atoms with van der Waals surface area (Å²) in [6, 6.07) is 1.01. The Morgan fingerprint density at radius 1 is 1.69 bits per heavy atom. The summed E-state index contributed by atoms with van der Waals surface area (Å²) in [4.78, 5) is 4.52. The van der Waals surface area contributed by atoms with Gasteiger partial charge in [-0.2, -0.15) is 0 Å². The molecule has 2 heterocycles. The van der Waals surface area contributed by atoms with Gasteiger partial charge in [0.25, 0.3) is 0 Å². The molecule has 0 spiro atoms. The summed E-state index contributed by atoms with van der Waals surface area (Å²) in [5, 5.41) is 6.66. The first-order valence-corrected chi connectivity index (χ1v) is 6.12. The van der Waals surface area contributed by atoms with Gasteiger partial charge in [-0.25, -0.2) is 4.98 Å². The van der Waals surface area contributed by atoms with Crippen LogP contribution in [0.1, 0.15) is 31.4 Å². The van der Waals surface area contributed by atoms with E-state index < -0.39 is 0 Å². The third-order valence-corrected chi connectivity index (χ3v) is 3.19. The molecular formula is C12H21N3O. The average molecular weight is 223 g/mol. The van der Waals surface area contributed by atoms with Crippen LogP contribution >= 0.6 is 0 Å². The monoisotopic (exact) mass is 223 g/mol. The molecule has 1 aromatic rings. The standard InChI is InChI=1S/C12H21N3O/c1-9(13-2)6-11-8-16-12(15-11)7-10-4-3-5-14-10/h8-10,13-14H,3-7H2,1-2H3. The van der Waals surface area contributed by atoms with Gasteiger partial charge in [-0.05, 0) is 33.4 Å². The van der Waals surface area contributed by atoms with Crippen molar-refractivity contribution in [2.45, 2.75) is 44.7 Å². The van der Waals surface area contributed by atoms with Gasteiger partial charge in [-0.15, -0.1) is 0 Å². The lowest BCUT2D eigenvalue weighted by molar-refractivity contribution is 0.455. The van der Waals surface area contributed by atoms with Gasteiger partial charge < -0.3 is 15.1 Å². The third-order valence-electron chi connectivity index (χ3n) is 3.19. The maximum Gasteiger partial charge on any atom is 0.195 e. The number of nitrogens with one attached hydrogen (secondary N) is 2. The van der Waals surface area contributed by atoms with Gasteiger partial charge >= 0.3 is 0 Å². The van der Waals surface area contributed by atoms with Crippen LogP contribution in [0.15, 0.2) is 10.7 Å². The molecule has 0 bridgehead atoms. The molecule has 0 aromatic carbocycles. The van der Waals surface area contributed by atoms with Crippen molar-refractivity contribution < 1.29 is 4.42 Å². The van der Waals surface area contributed by atoms with E-state index in [0.717, 1.165) is 31.0 Å². The molecule has 90 valence electrons. The topological polar surface area (TPSA) is 50.1 Å². The number of nitrogens with zero attached hydrogens (tertiary/aromatic N) is 1. The fourth-order valence-corrected chi connectivity index (χ4v) is 2.09.